The van der Waals surface area contributed by atoms with Gasteiger partial charge in [-0.3, -0.25) is 4.79 Å². The Hall–Kier alpha value is -1.57. The predicted molar refractivity (Wildman–Crippen MR) is 101 cm³/mol. The summed E-state index contributed by atoms with van der Waals surface area (Å²) in [6.07, 6.45) is 4.34. The van der Waals surface area contributed by atoms with Gasteiger partial charge in [0.2, 0.25) is 0 Å². The van der Waals surface area contributed by atoms with Crippen LogP contribution in [0.25, 0.3) is 0 Å². The van der Waals surface area contributed by atoms with Crippen molar-refractivity contribution in [2.24, 2.45) is 5.41 Å². The third-order valence-corrected chi connectivity index (χ3v) is 4.87. The number of hydrogen-bond donors (Lipinski definition) is 0. The minimum absolute atomic E-state index is 0.0865. The van der Waals surface area contributed by atoms with Crippen molar-refractivity contribution < 1.29 is 9.53 Å². The molecule has 0 spiro atoms. The first kappa shape index (κ1) is 18.8. The number of hydrogen-bond acceptors (Lipinski definition) is 2. The number of allylic oxidation sites excluding steroid dienone is 1. The fourth-order valence-electron chi connectivity index (χ4n) is 3.12. The first-order valence-corrected chi connectivity index (χ1v) is 8.89. The second-order valence-corrected chi connectivity index (χ2v) is 9.35. The highest BCUT2D eigenvalue weighted by Crippen LogP contribution is 2.51. The smallest absolute Gasteiger partial charge is 0.317 e. The Kier molecular flexibility index (Phi) is 4.74. The third kappa shape index (κ3) is 3.74. The van der Waals surface area contributed by atoms with Crippen LogP contribution in [0.1, 0.15) is 77.5 Å². The molecule has 0 aromatic heterocycles. The van der Waals surface area contributed by atoms with Crippen molar-refractivity contribution in [3.63, 3.8) is 0 Å². The molecule has 0 unspecified atom stereocenters. The average molecular weight is 328 g/mol. The van der Waals surface area contributed by atoms with Gasteiger partial charge in [0.25, 0.3) is 0 Å². The molecular formula is C22H32O2. The van der Waals surface area contributed by atoms with E-state index < -0.39 is 0 Å². The summed E-state index contributed by atoms with van der Waals surface area (Å²) in [5, 5.41) is 0. The second-order valence-electron chi connectivity index (χ2n) is 9.35. The van der Waals surface area contributed by atoms with E-state index in [-0.39, 0.29) is 22.2 Å². The summed E-state index contributed by atoms with van der Waals surface area (Å²) in [4.78, 5) is 12.9. The van der Waals surface area contributed by atoms with Crippen molar-refractivity contribution in [3.8, 4) is 5.75 Å². The molecule has 1 aromatic carbocycles. The SMILES string of the molecule is C=CCC1(C(=O)Oc2c(C(C)(C)C)cc(C)cc2C(C)(C)C)CC1. The molecule has 132 valence electrons. The lowest BCUT2D eigenvalue weighted by Gasteiger charge is -2.30. The fraction of sp³-hybridized carbons (Fsp3) is 0.591. The molecule has 0 saturated heterocycles. The molecule has 2 rings (SSSR count). The molecule has 0 N–H and O–H groups in total. The Morgan fingerprint density at radius 2 is 1.58 bits per heavy atom. The van der Waals surface area contributed by atoms with E-state index in [2.05, 4.69) is 67.2 Å². The highest BCUT2D eigenvalue weighted by Gasteiger charge is 2.50. The maximum absolute atomic E-state index is 12.9. The maximum atomic E-state index is 12.9. The highest BCUT2D eigenvalue weighted by molar-refractivity contribution is 5.83. The molecule has 1 saturated carbocycles. The molecule has 0 heterocycles. The van der Waals surface area contributed by atoms with Crippen LogP contribution in [0.2, 0.25) is 0 Å². The number of esters is 1. The van der Waals surface area contributed by atoms with Gasteiger partial charge in [-0.1, -0.05) is 65.3 Å². The monoisotopic (exact) mass is 328 g/mol. The van der Waals surface area contributed by atoms with E-state index in [9.17, 15) is 4.79 Å². The average Bonchev–Trinajstić information content (AvgIpc) is 3.19. The van der Waals surface area contributed by atoms with Crippen LogP contribution in [-0.4, -0.2) is 5.97 Å². The Morgan fingerprint density at radius 1 is 1.12 bits per heavy atom. The normalized spacial score (nSPS) is 16.6. The van der Waals surface area contributed by atoms with Crippen LogP contribution in [0.4, 0.5) is 0 Å². The summed E-state index contributed by atoms with van der Waals surface area (Å²) in [5.74, 6) is 0.670. The summed E-state index contributed by atoms with van der Waals surface area (Å²) in [7, 11) is 0. The number of aryl methyl sites for hydroxylation is 1. The molecule has 1 aromatic rings. The van der Waals surface area contributed by atoms with E-state index in [1.807, 2.05) is 6.08 Å². The summed E-state index contributed by atoms with van der Waals surface area (Å²) >= 11 is 0. The van der Waals surface area contributed by atoms with E-state index in [1.165, 1.54) is 5.56 Å². The Balaban J connectivity index is 2.54. The van der Waals surface area contributed by atoms with Crippen LogP contribution in [0, 0.1) is 12.3 Å². The molecule has 2 nitrogen and oxygen atoms in total. The zero-order valence-electron chi connectivity index (χ0n) is 16.4. The summed E-state index contributed by atoms with van der Waals surface area (Å²) in [6, 6.07) is 4.32. The lowest BCUT2D eigenvalue weighted by molar-refractivity contribution is -0.140. The van der Waals surface area contributed by atoms with Gasteiger partial charge in [-0.2, -0.15) is 0 Å². The Morgan fingerprint density at radius 3 is 1.92 bits per heavy atom. The van der Waals surface area contributed by atoms with Gasteiger partial charge < -0.3 is 4.74 Å². The number of ether oxygens (including phenoxy) is 1. The molecule has 24 heavy (non-hydrogen) atoms. The van der Waals surface area contributed by atoms with Crippen LogP contribution in [0.15, 0.2) is 24.8 Å². The molecule has 0 amide bonds. The Labute approximate surface area is 147 Å². The van der Waals surface area contributed by atoms with Crippen molar-refractivity contribution >= 4 is 5.97 Å². The van der Waals surface area contributed by atoms with Crippen molar-refractivity contribution in [2.75, 3.05) is 0 Å². The van der Waals surface area contributed by atoms with Gasteiger partial charge in [-0.15, -0.1) is 6.58 Å². The minimum atomic E-state index is -0.336. The van der Waals surface area contributed by atoms with Gasteiger partial charge in [-0.05, 0) is 37.0 Å². The van der Waals surface area contributed by atoms with Gasteiger partial charge in [-0.25, -0.2) is 0 Å². The van der Waals surface area contributed by atoms with Crippen molar-refractivity contribution in [3.05, 3.63) is 41.5 Å². The molecule has 1 aliphatic carbocycles. The van der Waals surface area contributed by atoms with Gasteiger partial charge >= 0.3 is 5.97 Å². The van der Waals surface area contributed by atoms with Crippen molar-refractivity contribution in [2.45, 2.75) is 78.6 Å². The molecule has 0 bridgehead atoms. The van der Waals surface area contributed by atoms with Crippen LogP contribution >= 0.6 is 0 Å². The van der Waals surface area contributed by atoms with E-state index in [4.69, 9.17) is 4.74 Å². The molecule has 0 atom stereocenters. The van der Waals surface area contributed by atoms with Gasteiger partial charge in [0, 0.05) is 11.1 Å². The van der Waals surface area contributed by atoms with Gasteiger partial charge in [0.15, 0.2) is 0 Å². The van der Waals surface area contributed by atoms with E-state index in [1.54, 1.807) is 0 Å². The zero-order valence-corrected chi connectivity index (χ0v) is 16.4. The van der Waals surface area contributed by atoms with Crippen LogP contribution in [0.5, 0.6) is 5.75 Å². The predicted octanol–water partition coefficient (Wildman–Crippen LogP) is 5.85. The second kappa shape index (κ2) is 6.06. The van der Waals surface area contributed by atoms with E-state index in [0.717, 1.165) is 29.7 Å². The topological polar surface area (TPSA) is 26.3 Å². The zero-order chi connectivity index (χ0) is 18.3. The first-order chi connectivity index (χ1) is 10.9. The molecular weight excluding hydrogens is 296 g/mol. The highest BCUT2D eigenvalue weighted by atomic mass is 16.5. The largest absolute Gasteiger partial charge is 0.425 e. The third-order valence-electron chi connectivity index (χ3n) is 4.87. The lowest BCUT2D eigenvalue weighted by atomic mass is 9.78. The van der Waals surface area contributed by atoms with E-state index in [0.29, 0.717) is 6.42 Å². The molecule has 2 heteroatoms. The van der Waals surface area contributed by atoms with Crippen molar-refractivity contribution in [1.82, 2.24) is 0 Å². The minimum Gasteiger partial charge on any atom is -0.425 e. The molecule has 1 fully saturated rings. The first-order valence-electron chi connectivity index (χ1n) is 8.89. The van der Waals surface area contributed by atoms with Gasteiger partial charge in [0.1, 0.15) is 5.75 Å². The number of rotatable bonds is 4. The summed E-state index contributed by atoms with van der Waals surface area (Å²) in [5.41, 5.74) is 2.91. The van der Waals surface area contributed by atoms with Crippen LogP contribution < -0.4 is 4.74 Å². The molecule has 1 aliphatic rings. The lowest BCUT2D eigenvalue weighted by Crippen LogP contribution is -2.26. The number of benzene rings is 1. The number of carbonyl (C=O) groups is 1. The van der Waals surface area contributed by atoms with Crippen LogP contribution in [0.3, 0.4) is 0 Å². The quantitative estimate of drug-likeness (QED) is 0.393. The summed E-state index contributed by atoms with van der Waals surface area (Å²) in [6.45, 7) is 18.9. The van der Waals surface area contributed by atoms with E-state index >= 15 is 0 Å². The molecule has 0 radical (unpaired) electrons. The Bertz CT molecular complexity index is 615. The molecule has 0 aliphatic heterocycles. The fourth-order valence-corrected chi connectivity index (χ4v) is 3.12. The van der Waals surface area contributed by atoms with Gasteiger partial charge in [0.05, 0.1) is 5.41 Å². The van der Waals surface area contributed by atoms with Crippen LogP contribution in [-0.2, 0) is 15.6 Å². The maximum Gasteiger partial charge on any atom is 0.317 e. The number of carbonyl (C=O) groups excluding carboxylic acids is 1. The van der Waals surface area contributed by atoms with Crippen molar-refractivity contribution in [1.29, 1.82) is 0 Å². The standard InChI is InChI=1S/C22H32O2/c1-9-10-22(11-12-22)19(23)24-18-16(20(3,4)5)13-15(2)14-17(18)21(6,7)8/h9,13-14H,1,10-12H2,2-8H3. The summed E-state index contributed by atoms with van der Waals surface area (Å²) < 4.78 is 6.08.